The number of ether oxygens (including phenoxy) is 2. The van der Waals surface area contributed by atoms with Crippen molar-refractivity contribution in [3.8, 4) is 0 Å². The van der Waals surface area contributed by atoms with Crippen molar-refractivity contribution in [2.45, 2.75) is 96.5 Å². The van der Waals surface area contributed by atoms with E-state index < -0.39 is 5.97 Å². The summed E-state index contributed by atoms with van der Waals surface area (Å²) in [7, 11) is 1.71. The largest absolute Gasteiger partial charge is 0.481 e. The van der Waals surface area contributed by atoms with E-state index in [0.29, 0.717) is 25.7 Å². The van der Waals surface area contributed by atoms with Crippen LogP contribution in [0.1, 0.15) is 90.4 Å². The summed E-state index contributed by atoms with van der Waals surface area (Å²) in [6, 6.07) is 0. The molecule has 0 heterocycles. The lowest BCUT2D eigenvalue weighted by molar-refractivity contribution is -0.137. The van der Waals surface area contributed by atoms with Crippen molar-refractivity contribution in [3.05, 3.63) is 12.2 Å². The van der Waals surface area contributed by atoms with Gasteiger partial charge < -0.3 is 14.6 Å². The molecule has 1 atom stereocenters. The first-order valence-corrected chi connectivity index (χ1v) is 10.2. The standard InChI is InChI=1S/C21H40O4/c1-3-4-5-12-15-20(25-19-18-24-2)16-13-10-8-6-7-9-11-14-17-21(22)23/h10,13,20H,3-9,11-12,14-19H2,1-2H3,(H,22,23)/b13-10+. The second-order valence-corrected chi connectivity index (χ2v) is 6.74. The van der Waals surface area contributed by atoms with Crippen LogP contribution in [0.3, 0.4) is 0 Å². The SMILES string of the molecule is CCCCCCC(C/C=C/CCCCCCCC(=O)O)OCCOC. The first-order valence-electron chi connectivity index (χ1n) is 10.2. The van der Waals surface area contributed by atoms with Crippen LogP contribution in [0.4, 0.5) is 0 Å². The van der Waals surface area contributed by atoms with Crippen molar-refractivity contribution in [3.63, 3.8) is 0 Å². The van der Waals surface area contributed by atoms with E-state index in [1.165, 1.54) is 38.5 Å². The zero-order valence-electron chi connectivity index (χ0n) is 16.5. The molecule has 0 aliphatic carbocycles. The Morgan fingerprint density at radius 1 is 0.960 bits per heavy atom. The topological polar surface area (TPSA) is 55.8 Å². The molecule has 0 aliphatic rings. The fourth-order valence-corrected chi connectivity index (χ4v) is 2.80. The molecule has 1 N–H and O–H groups in total. The maximum Gasteiger partial charge on any atom is 0.303 e. The molecule has 4 nitrogen and oxygen atoms in total. The Hall–Kier alpha value is -0.870. The Balaban J connectivity index is 3.70. The summed E-state index contributed by atoms with van der Waals surface area (Å²) in [6.07, 6.45) is 18.9. The minimum absolute atomic E-state index is 0.308. The second-order valence-electron chi connectivity index (χ2n) is 6.74. The molecule has 0 saturated carbocycles. The van der Waals surface area contributed by atoms with Gasteiger partial charge in [0.25, 0.3) is 0 Å². The van der Waals surface area contributed by atoms with Crippen molar-refractivity contribution in [2.24, 2.45) is 0 Å². The molecule has 4 heteroatoms. The number of carboxylic acids is 1. The van der Waals surface area contributed by atoms with Gasteiger partial charge in [0.15, 0.2) is 0 Å². The summed E-state index contributed by atoms with van der Waals surface area (Å²) in [4.78, 5) is 10.4. The van der Waals surface area contributed by atoms with Gasteiger partial charge in [0.1, 0.15) is 0 Å². The molecule has 0 aromatic carbocycles. The zero-order valence-corrected chi connectivity index (χ0v) is 16.5. The molecule has 0 fully saturated rings. The minimum Gasteiger partial charge on any atom is -0.481 e. The highest BCUT2D eigenvalue weighted by atomic mass is 16.5. The van der Waals surface area contributed by atoms with Crippen molar-refractivity contribution in [1.82, 2.24) is 0 Å². The number of hydrogen-bond donors (Lipinski definition) is 1. The fraction of sp³-hybridized carbons (Fsp3) is 0.857. The van der Waals surface area contributed by atoms with Crippen LogP contribution in [0.2, 0.25) is 0 Å². The molecular weight excluding hydrogens is 316 g/mol. The fourth-order valence-electron chi connectivity index (χ4n) is 2.80. The quantitative estimate of drug-likeness (QED) is 0.236. The summed E-state index contributed by atoms with van der Waals surface area (Å²) >= 11 is 0. The molecule has 0 aromatic rings. The molecule has 1 unspecified atom stereocenters. The first kappa shape index (κ1) is 24.1. The summed E-state index contributed by atoms with van der Waals surface area (Å²) in [5, 5.41) is 8.58. The van der Waals surface area contributed by atoms with Gasteiger partial charge in [-0.3, -0.25) is 4.79 Å². The summed E-state index contributed by atoms with van der Waals surface area (Å²) in [6.45, 7) is 3.58. The molecule has 148 valence electrons. The van der Waals surface area contributed by atoms with Crippen molar-refractivity contribution < 1.29 is 19.4 Å². The summed E-state index contributed by atoms with van der Waals surface area (Å²) in [5.41, 5.74) is 0. The van der Waals surface area contributed by atoms with Gasteiger partial charge in [-0.15, -0.1) is 0 Å². The Morgan fingerprint density at radius 2 is 1.68 bits per heavy atom. The van der Waals surface area contributed by atoms with Gasteiger partial charge in [0, 0.05) is 13.5 Å². The molecule has 0 aliphatic heterocycles. The highest BCUT2D eigenvalue weighted by Gasteiger charge is 2.07. The molecule has 0 aromatic heterocycles. The molecule has 0 spiro atoms. The third kappa shape index (κ3) is 19.3. The van der Waals surface area contributed by atoms with Crippen LogP contribution in [0.15, 0.2) is 12.2 Å². The Kier molecular flexibility index (Phi) is 18.8. The van der Waals surface area contributed by atoms with E-state index in [-0.39, 0.29) is 0 Å². The third-order valence-corrected chi connectivity index (χ3v) is 4.35. The predicted octanol–water partition coefficient (Wildman–Crippen LogP) is 5.75. The predicted molar refractivity (Wildman–Crippen MR) is 104 cm³/mol. The molecule has 25 heavy (non-hydrogen) atoms. The van der Waals surface area contributed by atoms with E-state index in [2.05, 4.69) is 19.1 Å². The van der Waals surface area contributed by atoms with Crippen molar-refractivity contribution in [2.75, 3.05) is 20.3 Å². The number of allylic oxidation sites excluding steroid dienone is 1. The Bertz CT molecular complexity index is 315. The number of carboxylic acid groups (broad SMARTS) is 1. The normalized spacial score (nSPS) is 12.7. The minimum atomic E-state index is -0.681. The van der Waals surface area contributed by atoms with E-state index in [4.69, 9.17) is 14.6 Å². The van der Waals surface area contributed by atoms with Gasteiger partial charge in [-0.05, 0) is 32.1 Å². The average Bonchev–Trinajstić information content (AvgIpc) is 2.59. The van der Waals surface area contributed by atoms with Crippen LogP contribution >= 0.6 is 0 Å². The van der Waals surface area contributed by atoms with Crippen LogP contribution < -0.4 is 0 Å². The van der Waals surface area contributed by atoms with Crippen LogP contribution in [-0.4, -0.2) is 37.5 Å². The number of aliphatic carboxylic acids is 1. The van der Waals surface area contributed by atoms with E-state index in [1.54, 1.807) is 7.11 Å². The number of carbonyl (C=O) groups is 1. The Labute approximate surface area is 155 Å². The van der Waals surface area contributed by atoms with Gasteiger partial charge in [-0.25, -0.2) is 0 Å². The average molecular weight is 357 g/mol. The smallest absolute Gasteiger partial charge is 0.303 e. The highest BCUT2D eigenvalue weighted by molar-refractivity contribution is 5.66. The maximum atomic E-state index is 10.4. The molecular formula is C21H40O4. The lowest BCUT2D eigenvalue weighted by Crippen LogP contribution is -2.15. The third-order valence-electron chi connectivity index (χ3n) is 4.35. The lowest BCUT2D eigenvalue weighted by atomic mass is 10.1. The van der Waals surface area contributed by atoms with Gasteiger partial charge in [0.2, 0.25) is 0 Å². The van der Waals surface area contributed by atoms with Crippen LogP contribution in [0.25, 0.3) is 0 Å². The van der Waals surface area contributed by atoms with Gasteiger partial charge in [-0.1, -0.05) is 64.0 Å². The molecule has 0 amide bonds. The first-order chi connectivity index (χ1) is 12.2. The van der Waals surface area contributed by atoms with Crippen LogP contribution in [0.5, 0.6) is 0 Å². The molecule has 0 rings (SSSR count). The van der Waals surface area contributed by atoms with E-state index in [0.717, 1.165) is 38.5 Å². The number of hydrogen-bond acceptors (Lipinski definition) is 3. The van der Waals surface area contributed by atoms with E-state index in [9.17, 15) is 4.79 Å². The number of unbranched alkanes of at least 4 members (excludes halogenated alkanes) is 8. The van der Waals surface area contributed by atoms with Gasteiger partial charge >= 0.3 is 5.97 Å². The van der Waals surface area contributed by atoms with E-state index in [1.807, 2.05) is 0 Å². The summed E-state index contributed by atoms with van der Waals surface area (Å²) < 4.78 is 11.0. The molecule has 0 saturated heterocycles. The Morgan fingerprint density at radius 3 is 2.40 bits per heavy atom. The van der Waals surface area contributed by atoms with E-state index >= 15 is 0 Å². The molecule has 0 radical (unpaired) electrons. The second kappa shape index (κ2) is 19.5. The number of methoxy groups -OCH3 is 1. The van der Waals surface area contributed by atoms with Crippen LogP contribution in [0, 0.1) is 0 Å². The van der Waals surface area contributed by atoms with Gasteiger partial charge in [-0.2, -0.15) is 0 Å². The van der Waals surface area contributed by atoms with Gasteiger partial charge in [0.05, 0.1) is 19.3 Å². The molecule has 0 bridgehead atoms. The zero-order chi connectivity index (χ0) is 18.6. The lowest BCUT2D eigenvalue weighted by Gasteiger charge is -2.16. The number of rotatable bonds is 19. The van der Waals surface area contributed by atoms with Crippen molar-refractivity contribution in [1.29, 1.82) is 0 Å². The maximum absolute atomic E-state index is 10.4. The highest BCUT2D eigenvalue weighted by Crippen LogP contribution is 2.13. The van der Waals surface area contributed by atoms with Crippen molar-refractivity contribution >= 4 is 5.97 Å². The monoisotopic (exact) mass is 356 g/mol. The van der Waals surface area contributed by atoms with Crippen LogP contribution in [-0.2, 0) is 14.3 Å². The summed E-state index contributed by atoms with van der Waals surface area (Å²) in [5.74, 6) is -0.681.